The maximum atomic E-state index is 7.09. The van der Waals surface area contributed by atoms with Crippen LogP contribution >= 0.6 is 0 Å². The Morgan fingerprint density at radius 1 is 0.262 bits per heavy atom. The first-order valence-electron chi connectivity index (χ1n) is 22.3. The Balaban J connectivity index is 1.08. The van der Waals surface area contributed by atoms with Crippen molar-refractivity contribution in [2.45, 2.75) is 0 Å². The van der Waals surface area contributed by atoms with E-state index in [9.17, 15) is 0 Å². The minimum atomic E-state index is 0.844. The molecular weight excluding hydrogens is 793 g/mol. The van der Waals surface area contributed by atoms with E-state index in [1.165, 1.54) is 65.2 Å². The van der Waals surface area contributed by atoms with Crippen molar-refractivity contribution in [3.05, 3.63) is 218 Å². The minimum absolute atomic E-state index is 0.844. The van der Waals surface area contributed by atoms with Gasteiger partial charge in [0.25, 0.3) is 0 Å². The first-order chi connectivity index (χ1) is 32.3. The number of benzene rings is 10. The van der Waals surface area contributed by atoms with Crippen molar-refractivity contribution in [1.82, 2.24) is 18.3 Å². The lowest BCUT2D eigenvalue weighted by atomic mass is 10.1. The molecule has 0 saturated carbocycles. The quantitative estimate of drug-likeness (QED) is 0.174. The molecule has 0 fully saturated rings. The van der Waals surface area contributed by atoms with Crippen LogP contribution in [0.3, 0.4) is 0 Å². The molecule has 5 aromatic heterocycles. The monoisotopic (exact) mass is 828 g/mol. The standard InChI is InChI=1S/C60H36N4O/c1-7-24-47-38(16-1)39-17-2-8-25-48(39)61(47)37-34-35-53-46(36-37)44-22-13-31-55(62-49-26-9-3-18-40(49)41-19-4-10-27-50(41)62)59(44)64(53)54-30-15-33-57-58(54)45-23-14-32-56(60(45)65-57)63-51-28-11-5-20-42(51)43-21-6-12-29-52(43)63/h1-36H. The zero-order chi connectivity index (χ0) is 42.3. The molecule has 302 valence electrons. The molecule has 5 heteroatoms. The summed E-state index contributed by atoms with van der Waals surface area (Å²) in [5.74, 6) is 0. The fraction of sp³-hybridized carbons (Fsp3) is 0. The molecule has 0 amide bonds. The highest BCUT2D eigenvalue weighted by Crippen LogP contribution is 2.45. The van der Waals surface area contributed by atoms with Crippen LogP contribution in [0, 0.1) is 0 Å². The highest BCUT2D eigenvalue weighted by Gasteiger charge is 2.25. The number of hydrogen-bond acceptors (Lipinski definition) is 1. The molecule has 0 aliphatic carbocycles. The molecule has 0 saturated heterocycles. The Bertz CT molecular complexity index is 4330. The summed E-state index contributed by atoms with van der Waals surface area (Å²) in [7, 11) is 0. The molecular formula is C60H36N4O. The van der Waals surface area contributed by atoms with Gasteiger partial charge in [-0.1, -0.05) is 140 Å². The van der Waals surface area contributed by atoms with Crippen molar-refractivity contribution in [1.29, 1.82) is 0 Å². The van der Waals surface area contributed by atoms with E-state index < -0.39 is 0 Å². The lowest BCUT2D eigenvalue weighted by Gasteiger charge is -2.15. The highest BCUT2D eigenvalue weighted by atomic mass is 16.3. The molecule has 0 unspecified atom stereocenters. The molecule has 0 N–H and O–H groups in total. The number of aromatic nitrogens is 4. The number of fused-ring (bicyclic) bond motifs is 15. The summed E-state index contributed by atoms with van der Waals surface area (Å²) in [6, 6.07) is 79.4. The molecule has 0 aliphatic rings. The van der Waals surface area contributed by atoms with Gasteiger partial charge in [0.2, 0.25) is 0 Å². The molecule has 5 nitrogen and oxygen atoms in total. The summed E-state index contributed by atoms with van der Waals surface area (Å²) in [5, 5.41) is 11.9. The van der Waals surface area contributed by atoms with Gasteiger partial charge < -0.3 is 22.7 Å². The Hall–Kier alpha value is -8.80. The third-order valence-corrected chi connectivity index (χ3v) is 14.0. The summed E-state index contributed by atoms with van der Waals surface area (Å²) < 4.78 is 16.8. The van der Waals surface area contributed by atoms with Gasteiger partial charge in [-0.3, -0.25) is 0 Å². The molecule has 0 aliphatic heterocycles. The summed E-state index contributed by atoms with van der Waals surface area (Å²) in [5.41, 5.74) is 15.3. The van der Waals surface area contributed by atoms with Crippen molar-refractivity contribution in [2.75, 3.05) is 0 Å². The van der Waals surface area contributed by atoms with Gasteiger partial charge in [-0.05, 0) is 78.9 Å². The van der Waals surface area contributed by atoms with Gasteiger partial charge in [-0.15, -0.1) is 0 Å². The van der Waals surface area contributed by atoms with Crippen LogP contribution in [0.25, 0.3) is 132 Å². The van der Waals surface area contributed by atoms with Crippen LogP contribution in [0.2, 0.25) is 0 Å². The normalized spacial score (nSPS) is 12.3. The first-order valence-corrected chi connectivity index (χ1v) is 22.3. The molecule has 10 aromatic carbocycles. The van der Waals surface area contributed by atoms with Crippen LogP contribution in [0.15, 0.2) is 223 Å². The zero-order valence-corrected chi connectivity index (χ0v) is 35.0. The van der Waals surface area contributed by atoms with Gasteiger partial charge in [-0.25, -0.2) is 0 Å². The Morgan fingerprint density at radius 2 is 0.662 bits per heavy atom. The molecule has 65 heavy (non-hydrogen) atoms. The zero-order valence-electron chi connectivity index (χ0n) is 35.0. The van der Waals surface area contributed by atoms with Crippen molar-refractivity contribution in [3.63, 3.8) is 0 Å². The van der Waals surface area contributed by atoms with Crippen LogP contribution in [0.5, 0.6) is 0 Å². The molecule has 5 heterocycles. The van der Waals surface area contributed by atoms with Gasteiger partial charge in [0, 0.05) is 54.2 Å². The Morgan fingerprint density at radius 3 is 1.20 bits per heavy atom. The number of rotatable bonds is 4. The van der Waals surface area contributed by atoms with Crippen molar-refractivity contribution >= 4 is 109 Å². The average Bonchev–Trinajstić information content (AvgIpc) is 4.17. The van der Waals surface area contributed by atoms with Crippen LogP contribution < -0.4 is 0 Å². The highest BCUT2D eigenvalue weighted by molar-refractivity contribution is 6.19. The number of hydrogen-bond donors (Lipinski definition) is 0. The smallest absolute Gasteiger partial charge is 0.159 e. The fourth-order valence-corrected chi connectivity index (χ4v) is 11.4. The van der Waals surface area contributed by atoms with Crippen LogP contribution in [0.4, 0.5) is 0 Å². The number of furan rings is 1. The second-order valence-electron chi connectivity index (χ2n) is 17.2. The summed E-state index contributed by atoms with van der Waals surface area (Å²) in [6.07, 6.45) is 0. The molecule has 0 atom stereocenters. The van der Waals surface area contributed by atoms with Gasteiger partial charge in [-0.2, -0.15) is 0 Å². The van der Waals surface area contributed by atoms with Crippen molar-refractivity contribution < 1.29 is 4.42 Å². The second-order valence-corrected chi connectivity index (χ2v) is 17.2. The van der Waals surface area contributed by atoms with Gasteiger partial charge in [0.1, 0.15) is 5.58 Å². The number of para-hydroxylation sites is 8. The second kappa shape index (κ2) is 12.9. The third-order valence-electron chi connectivity index (χ3n) is 14.0. The van der Waals surface area contributed by atoms with Crippen molar-refractivity contribution in [3.8, 4) is 22.7 Å². The SMILES string of the molecule is c1cc(-n2c3ccc(-n4c5ccccc5c5ccccc54)cc3c3cccc(-n4c5ccccc5c5ccccc54)c32)c2c(c1)oc1c(-n3c4ccccc4c4ccccc43)cccc12. The summed E-state index contributed by atoms with van der Waals surface area (Å²) >= 11 is 0. The molecule has 0 radical (unpaired) electrons. The predicted octanol–water partition coefficient (Wildman–Crippen LogP) is 16.0. The van der Waals surface area contributed by atoms with Gasteiger partial charge in [0.05, 0.1) is 66.6 Å². The van der Waals surface area contributed by atoms with E-state index >= 15 is 0 Å². The van der Waals surface area contributed by atoms with Crippen LogP contribution in [0.1, 0.15) is 0 Å². The van der Waals surface area contributed by atoms with E-state index in [-0.39, 0.29) is 0 Å². The van der Waals surface area contributed by atoms with E-state index in [1.54, 1.807) is 0 Å². The minimum Gasteiger partial charge on any atom is -0.454 e. The van der Waals surface area contributed by atoms with E-state index in [4.69, 9.17) is 4.42 Å². The molecule has 15 rings (SSSR count). The van der Waals surface area contributed by atoms with Crippen molar-refractivity contribution in [2.24, 2.45) is 0 Å². The van der Waals surface area contributed by atoms with E-state index in [0.29, 0.717) is 0 Å². The number of nitrogens with zero attached hydrogens (tertiary/aromatic N) is 4. The van der Waals surface area contributed by atoms with E-state index in [2.05, 4.69) is 237 Å². The average molecular weight is 829 g/mol. The fourth-order valence-electron chi connectivity index (χ4n) is 11.4. The van der Waals surface area contributed by atoms with Gasteiger partial charge in [0.15, 0.2) is 5.58 Å². The lowest BCUT2D eigenvalue weighted by molar-refractivity contribution is 0.666. The van der Waals surface area contributed by atoms with Crippen LogP contribution in [-0.4, -0.2) is 18.3 Å². The maximum Gasteiger partial charge on any atom is 0.159 e. The molecule has 0 spiro atoms. The predicted molar refractivity (Wildman–Crippen MR) is 271 cm³/mol. The summed E-state index contributed by atoms with van der Waals surface area (Å²) in [6.45, 7) is 0. The maximum absolute atomic E-state index is 7.09. The largest absolute Gasteiger partial charge is 0.454 e. The van der Waals surface area contributed by atoms with E-state index in [0.717, 1.165) is 66.8 Å². The molecule has 0 bridgehead atoms. The topological polar surface area (TPSA) is 32.9 Å². The van der Waals surface area contributed by atoms with Crippen LogP contribution in [-0.2, 0) is 0 Å². The Labute approximate surface area is 371 Å². The molecule has 15 aromatic rings. The summed E-state index contributed by atoms with van der Waals surface area (Å²) in [4.78, 5) is 0. The van der Waals surface area contributed by atoms with Gasteiger partial charge >= 0.3 is 0 Å². The lowest BCUT2D eigenvalue weighted by Crippen LogP contribution is -2.01. The van der Waals surface area contributed by atoms with E-state index in [1.807, 2.05) is 0 Å². The third kappa shape index (κ3) is 4.60. The Kier molecular flexibility index (Phi) is 6.89. The first kappa shape index (κ1) is 34.7.